The lowest BCUT2D eigenvalue weighted by Crippen LogP contribution is -2.26. The molecular weight excluding hydrogens is 286 g/mol. The van der Waals surface area contributed by atoms with Gasteiger partial charge in [0, 0.05) is 31.2 Å². The van der Waals surface area contributed by atoms with Crippen LogP contribution < -0.4 is 10.0 Å². The average molecular weight is 303 g/mol. The highest BCUT2D eigenvalue weighted by molar-refractivity contribution is 7.89. The van der Waals surface area contributed by atoms with Gasteiger partial charge < -0.3 is 5.32 Å². The standard InChI is InChI=1S/C15H17N3O2S/c19-21(20,18-9-5-12-2-1-7-16-11-12)14-4-3-13-6-8-17-15(13)10-14/h1-4,7,10-11,17-18H,5-6,8-9H2. The zero-order valence-corrected chi connectivity index (χ0v) is 12.4. The Morgan fingerprint density at radius 3 is 3.00 bits per heavy atom. The van der Waals surface area contributed by atoms with Crippen molar-refractivity contribution in [2.75, 3.05) is 18.4 Å². The molecule has 0 saturated carbocycles. The van der Waals surface area contributed by atoms with Gasteiger partial charge in [0.15, 0.2) is 0 Å². The van der Waals surface area contributed by atoms with Crippen LogP contribution in [0.25, 0.3) is 0 Å². The Balaban J connectivity index is 1.67. The first-order valence-electron chi connectivity index (χ1n) is 6.90. The summed E-state index contributed by atoms with van der Waals surface area (Å²) in [5.41, 5.74) is 3.10. The van der Waals surface area contributed by atoms with Crippen LogP contribution in [0.2, 0.25) is 0 Å². The highest BCUT2D eigenvalue weighted by Crippen LogP contribution is 2.25. The summed E-state index contributed by atoms with van der Waals surface area (Å²) in [6.45, 7) is 1.23. The number of fused-ring (bicyclic) bond motifs is 1. The lowest BCUT2D eigenvalue weighted by atomic mass is 10.2. The molecule has 0 unspecified atom stereocenters. The Morgan fingerprint density at radius 2 is 2.19 bits per heavy atom. The summed E-state index contributed by atoms with van der Waals surface area (Å²) in [7, 11) is -3.46. The third kappa shape index (κ3) is 3.22. The van der Waals surface area contributed by atoms with Crippen LogP contribution in [-0.4, -0.2) is 26.5 Å². The number of anilines is 1. The summed E-state index contributed by atoms with van der Waals surface area (Å²) in [4.78, 5) is 4.32. The van der Waals surface area contributed by atoms with Crippen molar-refractivity contribution in [1.82, 2.24) is 9.71 Å². The third-order valence-electron chi connectivity index (χ3n) is 3.53. The molecule has 5 nitrogen and oxygen atoms in total. The molecule has 0 radical (unpaired) electrons. The number of aromatic nitrogens is 1. The minimum atomic E-state index is -3.46. The van der Waals surface area contributed by atoms with Crippen molar-refractivity contribution in [3.8, 4) is 0 Å². The molecule has 110 valence electrons. The average Bonchev–Trinajstić information content (AvgIpc) is 2.95. The highest BCUT2D eigenvalue weighted by Gasteiger charge is 2.17. The van der Waals surface area contributed by atoms with Crippen LogP contribution in [0.3, 0.4) is 0 Å². The summed E-state index contributed by atoms with van der Waals surface area (Å²) in [6, 6.07) is 9.02. The van der Waals surface area contributed by atoms with Gasteiger partial charge in [-0.1, -0.05) is 12.1 Å². The first kappa shape index (κ1) is 14.0. The van der Waals surface area contributed by atoms with E-state index in [-0.39, 0.29) is 0 Å². The Bertz CT molecular complexity index is 730. The molecule has 0 atom stereocenters. The molecule has 0 bridgehead atoms. The number of nitrogens with one attached hydrogen (secondary N) is 2. The predicted octanol–water partition coefficient (Wildman–Crippen LogP) is 1.57. The quantitative estimate of drug-likeness (QED) is 0.879. The van der Waals surface area contributed by atoms with Crippen LogP contribution in [0.1, 0.15) is 11.1 Å². The van der Waals surface area contributed by atoms with Gasteiger partial charge in [-0.2, -0.15) is 0 Å². The van der Waals surface area contributed by atoms with Crippen molar-refractivity contribution in [2.24, 2.45) is 0 Å². The number of rotatable bonds is 5. The fourth-order valence-corrected chi connectivity index (χ4v) is 3.45. The molecule has 1 aliphatic heterocycles. The van der Waals surface area contributed by atoms with Crippen LogP contribution in [0.15, 0.2) is 47.6 Å². The molecule has 6 heteroatoms. The van der Waals surface area contributed by atoms with E-state index in [9.17, 15) is 8.42 Å². The van der Waals surface area contributed by atoms with E-state index >= 15 is 0 Å². The van der Waals surface area contributed by atoms with Gasteiger partial charge >= 0.3 is 0 Å². The maximum Gasteiger partial charge on any atom is 0.240 e. The summed E-state index contributed by atoms with van der Waals surface area (Å²) < 4.78 is 27.2. The van der Waals surface area contributed by atoms with Crippen molar-refractivity contribution in [3.05, 3.63) is 53.9 Å². The number of sulfonamides is 1. The Morgan fingerprint density at radius 1 is 1.29 bits per heavy atom. The molecule has 1 aliphatic rings. The molecule has 2 aromatic rings. The molecule has 2 heterocycles. The van der Waals surface area contributed by atoms with Gasteiger partial charge in [0.05, 0.1) is 4.90 Å². The molecule has 0 amide bonds. The number of hydrogen-bond donors (Lipinski definition) is 2. The fraction of sp³-hybridized carbons (Fsp3) is 0.267. The van der Waals surface area contributed by atoms with E-state index in [0.29, 0.717) is 17.9 Å². The molecule has 1 aromatic heterocycles. The lowest BCUT2D eigenvalue weighted by molar-refractivity contribution is 0.581. The van der Waals surface area contributed by atoms with E-state index in [1.54, 1.807) is 24.5 Å². The van der Waals surface area contributed by atoms with Crippen molar-refractivity contribution in [2.45, 2.75) is 17.7 Å². The van der Waals surface area contributed by atoms with Crippen LogP contribution >= 0.6 is 0 Å². The number of nitrogens with zero attached hydrogens (tertiary/aromatic N) is 1. The summed E-state index contributed by atoms with van der Waals surface area (Å²) in [6.07, 6.45) is 5.01. The maximum atomic E-state index is 12.3. The molecule has 21 heavy (non-hydrogen) atoms. The van der Waals surface area contributed by atoms with Gasteiger partial charge in [0.2, 0.25) is 10.0 Å². The van der Waals surface area contributed by atoms with Gasteiger partial charge in [0.25, 0.3) is 0 Å². The van der Waals surface area contributed by atoms with E-state index in [1.165, 1.54) is 5.56 Å². The highest BCUT2D eigenvalue weighted by atomic mass is 32.2. The Labute approximate surface area is 124 Å². The van der Waals surface area contributed by atoms with Crippen molar-refractivity contribution >= 4 is 15.7 Å². The first-order chi connectivity index (χ1) is 10.1. The second-order valence-corrected chi connectivity index (χ2v) is 6.77. The minimum absolute atomic E-state index is 0.307. The lowest BCUT2D eigenvalue weighted by Gasteiger charge is -2.08. The zero-order valence-electron chi connectivity index (χ0n) is 11.5. The topological polar surface area (TPSA) is 71.1 Å². The molecule has 0 fully saturated rings. The molecular formula is C15H17N3O2S. The molecule has 0 spiro atoms. The minimum Gasteiger partial charge on any atom is -0.384 e. The number of pyridine rings is 1. The molecule has 2 N–H and O–H groups in total. The van der Waals surface area contributed by atoms with E-state index in [2.05, 4.69) is 15.0 Å². The molecule has 0 saturated heterocycles. The van der Waals surface area contributed by atoms with E-state index < -0.39 is 10.0 Å². The summed E-state index contributed by atoms with van der Waals surface area (Å²) >= 11 is 0. The third-order valence-corrected chi connectivity index (χ3v) is 4.99. The van der Waals surface area contributed by atoms with Gasteiger partial charge in [0.1, 0.15) is 0 Å². The maximum absolute atomic E-state index is 12.3. The van der Waals surface area contributed by atoms with Crippen molar-refractivity contribution < 1.29 is 8.42 Å². The van der Waals surface area contributed by atoms with Gasteiger partial charge in [-0.25, -0.2) is 13.1 Å². The fourth-order valence-electron chi connectivity index (χ4n) is 2.40. The monoisotopic (exact) mass is 303 g/mol. The van der Waals surface area contributed by atoms with Crippen LogP contribution in [0.5, 0.6) is 0 Å². The number of benzene rings is 1. The zero-order chi connectivity index (χ0) is 14.7. The Kier molecular flexibility index (Phi) is 3.90. The normalized spacial score (nSPS) is 13.7. The largest absolute Gasteiger partial charge is 0.384 e. The van der Waals surface area contributed by atoms with Gasteiger partial charge in [-0.15, -0.1) is 0 Å². The van der Waals surface area contributed by atoms with Gasteiger partial charge in [-0.05, 0) is 42.2 Å². The van der Waals surface area contributed by atoms with E-state index in [0.717, 1.165) is 24.2 Å². The van der Waals surface area contributed by atoms with Crippen LogP contribution in [-0.2, 0) is 22.9 Å². The predicted molar refractivity (Wildman–Crippen MR) is 81.8 cm³/mol. The van der Waals surface area contributed by atoms with E-state index in [1.807, 2.05) is 18.2 Å². The molecule has 3 rings (SSSR count). The smallest absolute Gasteiger partial charge is 0.240 e. The van der Waals surface area contributed by atoms with Crippen molar-refractivity contribution in [1.29, 1.82) is 0 Å². The van der Waals surface area contributed by atoms with Crippen molar-refractivity contribution in [3.63, 3.8) is 0 Å². The van der Waals surface area contributed by atoms with Gasteiger partial charge in [-0.3, -0.25) is 4.98 Å². The summed E-state index contributed by atoms with van der Waals surface area (Å²) in [5, 5.41) is 3.19. The second kappa shape index (κ2) is 5.83. The molecule has 0 aliphatic carbocycles. The van der Waals surface area contributed by atoms with E-state index in [4.69, 9.17) is 0 Å². The van der Waals surface area contributed by atoms with Crippen LogP contribution in [0, 0.1) is 0 Å². The second-order valence-electron chi connectivity index (χ2n) is 5.00. The Hall–Kier alpha value is -1.92. The summed E-state index contributed by atoms with van der Waals surface area (Å²) in [5.74, 6) is 0. The SMILES string of the molecule is O=S(=O)(NCCc1cccnc1)c1ccc2c(c1)NCC2. The van der Waals surface area contributed by atoms with Crippen LogP contribution in [0.4, 0.5) is 5.69 Å². The molecule has 1 aromatic carbocycles. The first-order valence-corrected chi connectivity index (χ1v) is 8.39. The number of hydrogen-bond acceptors (Lipinski definition) is 4.